The molecule has 0 saturated heterocycles. The molecule has 2 aromatic carbocycles. The second-order valence-corrected chi connectivity index (χ2v) is 5.70. The summed E-state index contributed by atoms with van der Waals surface area (Å²) >= 11 is 0. The van der Waals surface area contributed by atoms with E-state index in [0.717, 1.165) is 22.5 Å². The lowest BCUT2D eigenvalue weighted by Crippen LogP contribution is -2.01. The van der Waals surface area contributed by atoms with Crippen molar-refractivity contribution in [3.8, 4) is 34.3 Å². The first kappa shape index (κ1) is 15.1. The Balaban J connectivity index is 1.92. The molecular weight excluding hydrogens is 308 g/mol. The molecule has 0 spiro atoms. The molecular formula is C21H16N4. The maximum Gasteiger partial charge on any atom is 0.182 e. The van der Waals surface area contributed by atoms with Gasteiger partial charge in [-0.05, 0) is 19.1 Å². The summed E-state index contributed by atoms with van der Waals surface area (Å²) in [6, 6.07) is 25.7. The molecule has 0 aliphatic heterocycles. The molecule has 0 saturated carbocycles. The molecule has 0 radical (unpaired) electrons. The number of nitrogens with zero attached hydrogens (tertiary/aromatic N) is 4. The van der Waals surface area contributed by atoms with Crippen LogP contribution in [0.15, 0.2) is 78.9 Å². The van der Waals surface area contributed by atoms with Gasteiger partial charge in [0.1, 0.15) is 5.69 Å². The third kappa shape index (κ3) is 3.28. The van der Waals surface area contributed by atoms with Crippen LogP contribution in [0.3, 0.4) is 0 Å². The SMILES string of the molecule is Cc1cccc(-c2nc(-c3ccccc3)nc(-c3ccccc3)n2)n1. The highest BCUT2D eigenvalue weighted by molar-refractivity contribution is 5.64. The molecule has 0 unspecified atom stereocenters. The third-order valence-corrected chi connectivity index (χ3v) is 3.82. The Morgan fingerprint density at radius 2 is 1.00 bits per heavy atom. The van der Waals surface area contributed by atoms with Crippen molar-refractivity contribution in [1.29, 1.82) is 0 Å². The zero-order valence-electron chi connectivity index (χ0n) is 13.8. The zero-order valence-corrected chi connectivity index (χ0v) is 13.8. The monoisotopic (exact) mass is 324 g/mol. The van der Waals surface area contributed by atoms with Gasteiger partial charge in [-0.2, -0.15) is 0 Å². The summed E-state index contributed by atoms with van der Waals surface area (Å²) in [6.07, 6.45) is 0. The minimum atomic E-state index is 0.580. The first-order chi connectivity index (χ1) is 12.3. The maximum atomic E-state index is 4.67. The first-order valence-corrected chi connectivity index (χ1v) is 8.10. The van der Waals surface area contributed by atoms with Crippen molar-refractivity contribution in [3.63, 3.8) is 0 Å². The predicted octanol–water partition coefficient (Wildman–Crippen LogP) is 4.58. The fraction of sp³-hybridized carbons (Fsp3) is 0.0476. The van der Waals surface area contributed by atoms with Crippen LogP contribution >= 0.6 is 0 Å². The van der Waals surface area contributed by atoms with E-state index in [1.165, 1.54) is 0 Å². The van der Waals surface area contributed by atoms with E-state index in [-0.39, 0.29) is 0 Å². The quantitative estimate of drug-likeness (QED) is 0.553. The van der Waals surface area contributed by atoms with Crippen molar-refractivity contribution in [3.05, 3.63) is 84.6 Å². The number of pyridine rings is 1. The van der Waals surface area contributed by atoms with Crippen LogP contribution in [0.2, 0.25) is 0 Å². The van der Waals surface area contributed by atoms with Crippen LogP contribution in [0.4, 0.5) is 0 Å². The molecule has 4 heteroatoms. The van der Waals surface area contributed by atoms with Crippen LogP contribution < -0.4 is 0 Å². The van der Waals surface area contributed by atoms with Crippen LogP contribution in [0, 0.1) is 6.92 Å². The molecule has 0 atom stereocenters. The summed E-state index contributed by atoms with van der Waals surface area (Å²) in [7, 11) is 0. The number of hydrogen-bond donors (Lipinski definition) is 0. The van der Waals surface area contributed by atoms with Gasteiger partial charge in [-0.3, -0.25) is 0 Å². The van der Waals surface area contributed by atoms with Crippen molar-refractivity contribution < 1.29 is 0 Å². The van der Waals surface area contributed by atoms with E-state index in [0.29, 0.717) is 17.5 Å². The van der Waals surface area contributed by atoms with Gasteiger partial charge in [-0.15, -0.1) is 0 Å². The summed E-state index contributed by atoms with van der Waals surface area (Å²) in [4.78, 5) is 18.5. The average molecular weight is 324 g/mol. The molecule has 120 valence electrons. The Labute approximate surface area is 146 Å². The molecule has 0 fully saturated rings. The lowest BCUT2D eigenvalue weighted by molar-refractivity contribution is 1.05. The maximum absolute atomic E-state index is 4.67. The fourth-order valence-corrected chi connectivity index (χ4v) is 2.59. The van der Waals surface area contributed by atoms with Gasteiger partial charge in [-0.1, -0.05) is 66.7 Å². The average Bonchev–Trinajstić information content (AvgIpc) is 2.69. The molecule has 25 heavy (non-hydrogen) atoms. The molecule has 4 nitrogen and oxygen atoms in total. The Morgan fingerprint density at radius 1 is 0.480 bits per heavy atom. The highest BCUT2D eigenvalue weighted by Gasteiger charge is 2.12. The third-order valence-electron chi connectivity index (χ3n) is 3.82. The van der Waals surface area contributed by atoms with Crippen molar-refractivity contribution >= 4 is 0 Å². The first-order valence-electron chi connectivity index (χ1n) is 8.10. The van der Waals surface area contributed by atoms with E-state index in [1.807, 2.05) is 85.8 Å². The van der Waals surface area contributed by atoms with Crippen LogP contribution in [0.25, 0.3) is 34.3 Å². The van der Waals surface area contributed by atoms with Crippen molar-refractivity contribution in [2.45, 2.75) is 6.92 Å². The topological polar surface area (TPSA) is 51.6 Å². The fourth-order valence-electron chi connectivity index (χ4n) is 2.59. The van der Waals surface area contributed by atoms with Crippen molar-refractivity contribution in [1.82, 2.24) is 19.9 Å². The van der Waals surface area contributed by atoms with Gasteiger partial charge in [0, 0.05) is 16.8 Å². The number of benzene rings is 2. The van der Waals surface area contributed by atoms with Crippen LogP contribution in [-0.4, -0.2) is 19.9 Å². The number of hydrogen-bond acceptors (Lipinski definition) is 4. The summed E-state index contributed by atoms with van der Waals surface area (Å²) in [6.45, 7) is 1.96. The van der Waals surface area contributed by atoms with Gasteiger partial charge in [0.2, 0.25) is 0 Å². The smallest absolute Gasteiger partial charge is 0.182 e. The highest BCUT2D eigenvalue weighted by atomic mass is 15.0. The Hall–Kier alpha value is -3.40. The molecule has 0 N–H and O–H groups in total. The number of rotatable bonds is 3. The van der Waals surface area contributed by atoms with E-state index in [9.17, 15) is 0 Å². The van der Waals surface area contributed by atoms with E-state index >= 15 is 0 Å². The van der Waals surface area contributed by atoms with Crippen molar-refractivity contribution in [2.24, 2.45) is 0 Å². The summed E-state index contributed by atoms with van der Waals surface area (Å²) in [5.74, 6) is 1.87. The minimum Gasteiger partial charge on any atom is -0.250 e. The van der Waals surface area contributed by atoms with Gasteiger partial charge in [0.25, 0.3) is 0 Å². The molecule has 4 aromatic rings. The van der Waals surface area contributed by atoms with E-state index in [2.05, 4.69) is 19.9 Å². The molecule has 0 aliphatic rings. The van der Waals surface area contributed by atoms with Crippen LogP contribution in [0.1, 0.15) is 5.69 Å². The highest BCUT2D eigenvalue weighted by Crippen LogP contribution is 2.23. The molecule has 0 bridgehead atoms. The molecule has 0 aliphatic carbocycles. The Bertz CT molecular complexity index is 941. The lowest BCUT2D eigenvalue weighted by Gasteiger charge is -2.08. The normalized spacial score (nSPS) is 10.6. The predicted molar refractivity (Wildman–Crippen MR) is 98.7 cm³/mol. The standard InChI is InChI=1S/C21H16N4/c1-15-9-8-14-18(22-15)21-24-19(16-10-4-2-5-11-16)23-20(25-21)17-12-6-3-7-13-17/h2-14H,1H3. The molecule has 2 heterocycles. The zero-order chi connectivity index (χ0) is 17.1. The van der Waals surface area contributed by atoms with Gasteiger partial charge in [-0.25, -0.2) is 19.9 Å². The second-order valence-electron chi connectivity index (χ2n) is 5.70. The Kier molecular flexibility index (Phi) is 4.01. The Morgan fingerprint density at radius 3 is 1.52 bits per heavy atom. The minimum absolute atomic E-state index is 0.580. The van der Waals surface area contributed by atoms with Gasteiger partial charge in [0.15, 0.2) is 17.5 Å². The van der Waals surface area contributed by atoms with E-state index in [1.54, 1.807) is 0 Å². The molecule has 2 aromatic heterocycles. The van der Waals surface area contributed by atoms with E-state index < -0.39 is 0 Å². The van der Waals surface area contributed by atoms with Gasteiger partial charge >= 0.3 is 0 Å². The second kappa shape index (κ2) is 6.61. The van der Waals surface area contributed by atoms with Crippen LogP contribution in [0.5, 0.6) is 0 Å². The summed E-state index contributed by atoms with van der Waals surface area (Å²) < 4.78 is 0. The molecule has 0 amide bonds. The summed E-state index contributed by atoms with van der Waals surface area (Å²) in [5.41, 5.74) is 3.59. The van der Waals surface area contributed by atoms with Crippen LogP contribution in [-0.2, 0) is 0 Å². The molecule has 4 rings (SSSR count). The van der Waals surface area contributed by atoms with Gasteiger partial charge in [0.05, 0.1) is 0 Å². The summed E-state index contributed by atoms with van der Waals surface area (Å²) in [5, 5.41) is 0. The lowest BCUT2D eigenvalue weighted by atomic mass is 10.2. The van der Waals surface area contributed by atoms with Gasteiger partial charge < -0.3 is 0 Å². The van der Waals surface area contributed by atoms with E-state index in [4.69, 9.17) is 0 Å². The number of aryl methyl sites for hydroxylation is 1. The van der Waals surface area contributed by atoms with Crippen molar-refractivity contribution in [2.75, 3.05) is 0 Å². The largest absolute Gasteiger partial charge is 0.250 e. The number of aromatic nitrogens is 4.